The molecule has 0 unspecified atom stereocenters. The lowest BCUT2D eigenvalue weighted by Crippen LogP contribution is -2.30. The van der Waals surface area contributed by atoms with E-state index in [-0.39, 0.29) is 11.7 Å². The van der Waals surface area contributed by atoms with Crippen LogP contribution in [0.1, 0.15) is 24.8 Å². The van der Waals surface area contributed by atoms with E-state index in [1.54, 1.807) is 6.92 Å². The van der Waals surface area contributed by atoms with Gasteiger partial charge in [0.05, 0.1) is 11.8 Å². The number of hydrogen-bond acceptors (Lipinski definition) is 2. The van der Waals surface area contributed by atoms with E-state index in [4.69, 9.17) is 5.11 Å². The quantitative estimate of drug-likeness (QED) is 0.882. The number of anilines is 1. The molecule has 1 fully saturated rings. The molecule has 0 radical (unpaired) electrons. The Bertz CT molecular complexity index is 515. The van der Waals surface area contributed by atoms with Crippen molar-refractivity contribution in [3.05, 3.63) is 29.6 Å². The fourth-order valence-corrected chi connectivity index (χ4v) is 2.53. The Balaban J connectivity index is 2.08. The Hall–Kier alpha value is -1.91. The molecular formula is C14H16FNO3. The highest BCUT2D eigenvalue weighted by Crippen LogP contribution is 2.32. The van der Waals surface area contributed by atoms with Crippen LogP contribution in [0.15, 0.2) is 18.2 Å². The Morgan fingerprint density at radius 2 is 2.00 bits per heavy atom. The molecule has 0 heterocycles. The summed E-state index contributed by atoms with van der Waals surface area (Å²) in [4.78, 5) is 23.1. The number of carboxylic acids is 1. The number of carboxylic acid groups (broad SMARTS) is 1. The second-order valence-corrected chi connectivity index (χ2v) is 4.94. The van der Waals surface area contributed by atoms with Gasteiger partial charge in [-0.3, -0.25) is 9.59 Å². The second-order valence-electron chi connectivity index (χ2n) is 4.94. The summed E-state index contributed by atoms with van der Waals surface area (Å²) in [5.74, 6) is -2.66. The molecule has 1 aliphatic carbocycles. The number of halogens is 1. The fourth-order valence-electron chi connectivity index (χ4n) is 2.53. The molecule has 4 nitrogen and oxygen atoms in total. The first-order valence-corrected chi connectivity index (χ1v) is 6.29. The minimum absolute atomic E-state index is 0.295. The zero-order valence-corrected chi connectivity index (χ0v) is 10.6. The molecule has 1 aliphatic rings. The number of aliphatic carboxylic acids is 1. The summed E-state index contributed by atoms with van der Waals surface area (Å²) in [5.41, 5.74) is 0.943. The molecule has 0 aliphatic heterocycles. The molecule has 2 atom stereocenters. The van der Waals surface area contributed by atoms with Gasteiger partial charge in [-0.05, 0) is 43.5 Å². The highest BCUT2D eigenvalue weighted by atomic mass is 19.1. The number of carbonyl (C=O) groups excluding carboxylic acids is 1. The van der Waals surface area contributed by atoms with Crippen LogP contribution in [0, 0.1) is 24.6 Å². The molecule has 102 valence electrons. The largest absolute Gasteiger partial charge is 0.481 e. The van der Waals surface area contributed by atoms with Crippen LogP contribution in [0.25, 0.3) is 0 Å². The van der Waals surface area contributed by atoms with Crippen molar-refractivity contribution in [3.63, 3.8) is 0 Å². The van der Waals surface area contributed by atoms with Gasteiger partial charge in [-0.1, -0.05) is 6.42 Å². The molecule has 2 rings (SSSR count). The molecule has 2 N–H and O–H groups in total. The molecule has 0 spiro atoms. The number of benzene rings is 1. The maximum absolute atomic E-state index is 13.1. The van der Waals surface area contributed by atoms with Crippen molar-refractivity contribution in [2.75, 3.05) is 5.32 Å². The predicted octanol–water partition coefficient (Wildman–Crippen LogP) is 2.57. The van der Waals surface area contributed by atoms with Crippen LogP contribution >= 0.6 is 0 Å². The van der Waals surface area contributed by atoms with Crippen LogP contribution in [0.4, 0.5) is 10.1 Å². The number of aryl methyl sites for hydroxylation is 1. The number of rotatable bonds is 3. The molecule has 0 saturated heterocycles. The Labute approximate surface area is 110 Å². The monoisotopic (exact) mass is 265 g/mol. The molecule has 0 aromatic heterocycles. The minimum atomic E-state index is -0.923. The van der Waals surface area contributed by atoms with Gasteiger partial charge in [-0.25, -0.2) is 4.39 Å². The van der Waals surface area contributed by atoms with Gasteiger partial charge < -0.3 is 10.4 Å². The summed E-state index contributed by atoms with van der Waals surface area (Å²) < 4.78 is 13.1. The lowest BCUT2D eigenvalue weighted by atomic mass is 9.95. The van der Waals surface area contributed by atoms with E-state index in [9.17, 15) is 14.0 Å². The van der Waals surface area contributed by atoms with Gasteiger partial charge in [0, 0.05) is 5.69 Å². The minimum Gasteiger partial charge on any atom is -0.481 e. The summed E-state index contributed by atoms with van der Waals surface area (Å²) in [7, 11) is 0. The summed E-state index contributed by atoms with van der Waals surface area (Å²) in [6.45, 7) is 1.61. The van der Waals surface area contributed by atoms with Crippen LogP contribution in [-0.2, 0) is 9.59 Å². The maximum Gasteiger partial charge on any atom is 0.307 e. The van der Waals surface area contributed by atoms with Gasteiger partial charge in [0.2, 0.25) is 5.91 Å². The molecule has 19 heavy (non-hydrogen) atoms. The highest BCUT2D eigenvalue weighted by Gasteiger charge is 2.37. The SMILES string of the molecule is Cc1cc(NC(=O)[C@@H]2CCC[C@@H]2C(=O)O)ccc1F. The van der Waals surface area contributed by atoms with E-state index in [0.29, 0.717) is 24.1 Å². The first-order chi connectivity index (χ1) is 8.99. The molecule has 0 bridgehead atoms. The normalized spacial score (nSPS) is 22.2. The topological polar surface area (TPSA) is 66.4 Å². The van der Waals surface area contributed by atoms with Crippen LogP contribution < -0.4 is 5.32 Å². The third kappa shape index (κ3) is 2.92. The molecule has 1 saturated carbocycles. The third-order valence-corrected chi connectivity index (χ3v) is 3.60. The number of hydrogen-bond donors (Lipinski definition) is 2. The zero-order chi connectivity index (χ0) is 14.0. The molecule has 1 aromatic carbocycles. The summed E-state index contributed by atoms with van der Waals surface area (Å²) in [6, 6.07) is 4.30. The first-order valence-electron chi connectivity index (χ1n) is 6.29. The van der Waals surface area contributed by atoms with Crippen LogP contribution in [0.3, 0.4) is 0 Å². The maximum atomic E-state index is 13.1. The van der Waals surface area contributed by atoms with Crippen LogP contribution in [-0.4, -0.2) is 17.0 Å². The van der Waals surface area contributed by atoms with E-state index in [2.05, 4.69) is 5.32 Å². The molecule has 1 aromatic rings. The van der Waals surface area contributed by atoms with Crippen LogP contribution in [0.2, 0.25) is 0 Å². The van der Waals surface area contributed by atoms with Crippen molar-refractivity contribution < 1.29 is 19.1 Å². The van der Waals surface area contributed by atoms with E-state index < -0.39 is 17.8 Å². The second kappa shape index (κ2) is 5.38. The number of amides is 1. The van der Waals surface area contributed by atoms with Crippen molar-refractivity contribution in [2.45, 2.75) is 26.2 Å². The standard InChI is InChI=1S/C14H16FNO3/c1-8-7-9(5-6-12(8)15)16-13(17)10-3-2-4-11(10)14(18)19/h5-7,10-11H,2-4H2,1H3,(H,16,17)(H,18,19)/t10-,11+/m1/s1. The van der Waals surface area contributed by atoms with Gasteiger partial charge in [-0.2, -0.15) is 0 Å². The molecule has 1 amide bonds. The van der Waals surface area contributed by atoms with Crippen molar-refractivity contribution in [1.29, 1.82) is 0 Å². The lowest BCUT2D eigenvalue weighted by Gasteiger charge is -2.15. The van der Waals surface area contributed by atoms with Gasteiger partial charge in [0.15, 0.2) is 0 Å². The molecule has 5 heteroatoms. The van der Waals surface area contributed by atoms with Crippen molar-refractivity contribution in [2.24, 2.45) is 11.8 Å². The van der Waals surface area contributed by atoms with Gasteiger partial charge >= 0.3 is 5.97 Å². The average Bonchev–Trinajstić information content (AvgIpc) is 2.83. The van der Waals surface area contributed by atoms with Crippen molar-refractivity contribution >= 4 is 17.6 Å². The first kappa shape index (κ1) is 13.5. The fraction of sp³-hybridized carbons (Fsp3) is 0.429. The Morgan fingerprint density at radius 1 is 1.32 bits per heavy atom. The number of nitrogens with one attached hydrogen (secondary N) is 1. The van der Waals surface area contributed by atoms with Crippen molar-refractivity contribution in [3.8, 4) is 0 Å². The Morgan fingerprint density at radius 3 is 2.63 bits per heavy atom. The van der Waals surface area contributed by atoms with Crippen LogP contribution in [0.5, 0.6) is 0 Å². The zero-order valence-electron chi connectivity index (χ0n) is 10.6. The van der Waals surface area contributed by atoms with E-state index >= 15 is 0 Å². The Kier molecular flexibility index (Phi) is 3.83. The third-order valence-electron chi connectivity index (χ3n) is 3.60. The lowest BCUT2D eigenvalue weighted by molar-refractivity contribution is -0.145. The van der Waals surface area contributed by atoms with Gasteiger partial charge in [-0.15, -0.1) is 0 Å². The smallest absolute Gasteiger partial charge is 0.307 e. The van der Waals surface area contributed by atoms with E-state index in [0.717, 1.165) is 6.42 Å². The summed E-state index contributed by atoms with van der Waals surface area (Å²) in [6.07, 6.45) is 1.87. The molecular weight excluding hydrogens is 249 g/mol. The summed E-state index contributed by atoms with van der Waals surface area (Å²) in [5, 5.41) is 11.7. The van der Waals surface area contributed by atoms with E-state index in [1.807, 2.05) is 0 Å². The average molecular weight is 265 g/mol. The predicted molar refractivity (Wildman–Crippen MR) is 68.2 cm³/mol. The summed E-state index contributed by atoms with van der Waals surface area (Å²) >= 11 is 0. The van der Waals surface area contributed by atoms with Gasteiger partial charge in [0.1, 0.15) is 5.82 Å². The number of carbonyl (C=O) groups is 2. The highest BCUT2D eigenvalue weighted by molar-refractivity contribution is 5.95. The van der Waals surface area contributed by atoms with E-state index in [1.165, 1.54) is 18.2 Å². The van der Waals surface area contributed by atoms with Crippen molar-refractivity contribution in [1.82, 2.24) is 0 Å². The van der Waals surface area contributed by atoms with Gasteiger partial charge in [0.25, 0.3) is 0 Å².